The number of aromatic nitrogens is 2. The van der Waals surface area contributed by atoms with Crippen molar-refractivity contribution in [2.45, 2.75) is 12.8 Å². The molecule has 1 amide bonds. The third-order valence-corrected chi connectivity index (χ3v) is 2.30. The van der Waals surface area contributed by atoms with Crippen LogP contribution in [0.4, 0.5) is 0 Å². The van der Waals surface area contributed by atoms with Crippen LogP contribution in [0.5, 0.6) is 0 Å². The molecular formula is C9H10ClN3O. The maximum atomic E-state index is 11.4. The van der Waals surface area contributed by atoms with E-state index in [2.05, 4.69) is 15.3 Å². The number of amides is 1. The van der Waals surface area contributed by atoms with Crippen LogP contribution in [0.1, 0.15) is 23.3 Å². The third-order valence-electron chi connectivity index (χ3n) is 2.10. The molecule has 1 aromatic rings. The van der Waals surface area contributed by atoms with Gasteiger partial charge in [0.05, 0.1) is 12.4 Å². The molecule has 1 fully saturated rings. The Labute approximate surface area is 86.7 Å². The zero-order valence-electron chi connectivity index (χ0n) is 7.53. The van der Waals surface area contributed by atoms with Gasteiger partial charge in [-0.05, 0) is 18.8 Å². The van der Waals surface area contributed by atoms with Crippen LogP contribution in [0.15, 0.2) is 12.4 Å². The molecule has 5 heteroatoms. The number of nitrogens with one attached hydrogen (secondary N) is 1. The summed E-state index contributed by atoms with van der Waals surface area (Å²) in [5.74, 6) is 0.486. The molecule has 2 rings (SSSR count). The van der Waals surface area contributed by atoms with Crippen molar-refractivity contribution in [2.75, 3.05) is 6.54 Å². The molecule has 0 radical (unpaired) electrons. The first-order valence-electron chi connectivity index (χ1n) is 4.51. The lowest BCUT2D eigenvalue weighted by Crippen LogP contribution is -2.26. The van der Waals surface area contributed by atoms with E-state index in [-0.39, 0.29) is 5.91 Å². The molecule has 1 aliphatic rings. The molecule has 0 atom stereocenters. The Balaban J connectivity index is 1.92. The van der Waals surface area contributed by atoms with Gasteiger partial charge < -0.3 is 5.32 Å². The van der Waals surface area contributed by atoms with Crippen molar-refractivity contribution < 1.29 is 4.79 Å². The monoisotopic (exact) mass is 211 g/mol. The highest BCUT2D eigenvalue weighted by atomic mass is 35.5. The summed E-state index contributed by atoms with van der Waals surface area (Å²) in [6.07, 6.45) is 5.18. The van der Waals surface area contributed by atoms with Gasteiger partial charge in [0.1, 0.15) is 10.8 Å². The number of halogens is 1. The SMILES string of the molecule is O=C(NCC1CC1)c1cnc(Cl)cn1. The number of nitrogens with zero attached hydrogens (tertiary/aromatic N) is 2. The summed E-state index contributed by atoms with van der Waals surface area (Å²) in [5.41, 5.74) is 0.315. The van der Waals surface area contributed by atoms with Gasteiger partial charge >= 0.3 is 0 Å². The predicted octanol–water partition coefficient (Wildman–Crippen LogP) is 1.27. The second-order valence-corrected chi connectivity index (χ2v) is 3.77. The lowest BCUT2D eigenvalue weighted by Gasteiger charge is -2.02. The second kappa shape index (κ2) is 3.92. The van der Waals surface area contributed by atoms with Crippen molar-refractivity contribution >= 4 is 17.5 Å². The summed E-state index contributed by atoms with van der Waals surface area (Å²) in [4.78, 5) is 19.1. The van der Waals surface area contributed by atoms with Gasteiger partial charge in [0.25, 0.3) is 5.91 Å². The highest BCUT2D eigenvalue weighted by molar-refractivity contribution is 6.29. The summed E-state index contributed by atoms with van der Waals surface area (Å²) < 4.78 is 0. The van der Waals surface area contributed by atoms with Crippen molar-refractivity contribution in [3.63, 3.8) is 0 Å². The van der Waals surface area contributed by atoms with Crippen LogP contribution in [-0.2, 0) is 0 Å². The normalized spacial score (nSPS) is 15.2. The van der Waals surface area contributed by atoms with Gasteiger partial charge in [0.2, 0.25) is 0 Å². The molecule has 4 nitrogen and oxygen atoms in total. The van der Waals surface area contributed by atoms with Crippen molar-refractivity contribution in [2.24, 2.45) is 5.92 Å². The van der Waals surface area contributed by atoms with E-state index >= 15 is 0 Å². The fraction of sp³-hybridized carbons (Fsp3) is 0.444. The molecule has 1 saturated carbocycles. The molecule has 1 heterocycles. The number of carbonyl (C=O) groups excluding carboxylic acids is 1. The summed E-state index contributed by atoms with van der Waals surface area (Å²) >= 11 is 5.55. The van der Waals surface area contributed by atoms with E-state index in [1.807, 2.05) is 0 Å². The Bertz CT molecular complexity index is 334. The van der Waals surface area contributed by atoms with Crippen molar-refractivity contribution in [3.05, 3.63) is 23.2 Å². The Morgan fingerprint density at radius 1 is 1.50 bits per heavy atom. The van der Waals surface area contributed by atoms with Gasteiger partial charge in [-0.1, -0.05) is 11.6 Å². The first-order chi connectivity index (χ1) is 6.75. The van der Waals surface area contributed by atoms with Crippen LogP contribution in [-0.4, -0.2) is 22.4 Å². The molecule has 0 spiro atoms. The molecule has 0 bridgehead atoms. The fourth-order valence-electron chi connectivity index (χ4n) is 1.08. The largest absolute Gasteiger partial charge is 0.350 e. The highest BCUT2D eigenvalue weighted by Crippen LogP contribution is 2.27. The van der Waals surface area contributed by atoms with E-state index in [1.165, 1.54) is 25.2 Å². The summed E-state index contributed by atoms with van der Waals surface area (Å²) in [5, 5.41) is 3.09. The van der Waals surface area contributed by atoms with Crippen LogP contribution in [0.25, 0.3) is 0 Å². The molecular weight excluding hydrogens is 202 g/mol. The molecule has 0 saturated heterocycles. The zero-order chi connectivity index (χ0) is 9.97. The molecule has 1 N–H and O–H groups in total. The predicted molar refractivity (Wildman–Crippen MR) is 52.1 cm³/mol. The maximum Gasteiger partial charge on any atom is 0.271 e. The average molecular weight is 212 g/mol. The minimum Gasteiger partial charge on any atom is -0.350 e. The maximum absolute atomic E-state index is 11.4. The number of hydrogen-bond acceptors (Lipinski definition) is 3. The van der Waals surface area contributed by atoms with Crippen molar-refractivity contribution in [3.8, 4) is 0 Å². The van der Waals surface area contributed by atoms with Gasteiger partial charge in [-0.3, -0.25) is 4.79 Å². The minimum absolute atomic E-state index is 0.180. The first-order valence-corrected chi connectivity index (χ1v) is 4.89. The van der Waals surface area contributed by atoms with Crippen LogP contribution in [0, 0.1) is 5.92 Å². The van der Waals surface area contributed by atoms with E-state index in [0.717, 1.165) is 6.54 Å². The van der Waals surface area contributed by atoms with Gasteiger partial charge in [-0.15, -0.1) is 0 Å². The third kappa shape index (κ3) is 2.42. The summed E-state index contributed by atoms with van der Waals surface area (Å²) in [7, 11) is 0. The molecule has 74 valence electrons. The lowest BCUT2D eigenvalue weighted by molar-refractivity contribution is 0.0946. The van der Waals surface area contributed by atoms with Gasteiger partial charge in [-0.25, -0.2) is 9.97 Å². The second-order valence-electron chi connectivity index (χ2n) is 3.38. The lowest BCUT2D eigenvalue weighted by atomic mass is 10.4. The van der Waals surface area contributed by atoms with Crippen LogP contribution in [0.2, 0.25) is 5.15 Å². The summed E-state index contributed by atoms with van der Waals surface area (Å²) in [6, 6.07) is 0. The molecule has 0 unspecified atom stereocenters. The average Bonchev–Trinajstić information content (AvgIpc) is 2.99. The molecule has 0 aliphatic heterocycles. The molecule has 1 aliphatic carbocycles. The topological polar surface area (TPSA) is 54.9 Å². The molecule has 14 heavy (non-hydrogen) atoms. The van der Waals surface area contributed by atoms with Gasteiger partial charge in [0, 0.05) is 6.54 Å². The van der Waals surface area contributed by atoms with E-state index < -0.39 is 0 Å². The quantitative estimate of drug-likeness (QED) is 0.819. The van der Waals surface area contributed by atoms with Gasteiger partial charge in [-0.2, -0.15) is 0 Å². The van der Waals surface area contributed by atoms with Crippen LogP contribution >= 0.6 is 11.6 Å². The zero-order valence-corrected chi connectivity index (χ0v) is 8.29. The van der Waals surface area contributed by atoms with E-state index in [1.54, 1.807) is 0 Å². The van der Waals surface area contributed by atoms with Crippen molar-refractivity contribution in [1.82, 2.24) is 15.3 Å². The fourth-order valence-corrected chi connectivity index (χ4v) is 1.18. The summed E-state index contributed by atoms with van der Waals surface area (Å²) in [6.45, 7) is 0.739. The molecule has 1 aromatic heterocycles. The van der Waals surface area contributed by atoms with Gasteiger partial charge in [0.15, 0.2) is 0 Å². The Kier molecular flexibility index (Phi) is 2.63. The Hall–Kier alpha value is -1.16. The first kappa shape index (κ1) is 9.40. The smallest absolute Gasteiger partial charge is 0.271 e. The van der Waals surface area contributed by atoms with Crippen molar-refractivity contribution in [1.29, 1.82) is 0 Å². The van der Waals surface area contributed by atoms with Crippen LogP contribution < -0.4 is 5.32 Å². The van der Waals surface area contributed by atoms with E-state index in [4.69, 9.17) is 11.6 Å². The Morgan fingerprint density at radius 3 is 2.86 bits per heavy atom. The van der Waals surface area contributed by atoms with E-state index in [0.29, 0.717) is 16.8 Å². The van der Waals surface area contributed by atoms with Crippen LogP contribution in [0.3, 0.4) is 0 Å². The minimum atomic E-state index is -0.180. The highest BCUT2D eigenvalue weighted by Gasteiger charge is 2.22. The number of carbonyl (C=O) groups is 1. The number of rotatable bonds is 3. The number of hydrogen-bond donors (Lipinski definition) is 1. The van der Waals surface area contributed by atoms with E-state index in [9.17, 15) is 4.79 Å². The molecule has 0 aromatic carbocycles. The standard InChI is InChI=1S/C9H10ClN3O/c10-8-5-11-7(4-12-8)9(14)13-3-6-1-2-6/h4-6H,1-3H2,(H,13,14). The Morgan fingerprint density at radius 2 is 2.29 bits per heavy atom.